The van der Waals surface area contributed by atoms with Crippen molar-refractivity contribution in [2.45, 2.75) is 31.4 Å². The molecule has 0 bridgehead atoms. The maximum Gasteiger partial charge on any atom is 0.406 e. The van der Waals surface area contributed by atoms with Crippen molar-refractivity contribution in [3.8, 4) is 0 Å². The average molecular weight is 439 g/mol. The van der Waals surface area contributed by atoms with Crippen LogP contribution in [0.3, 0.4) is 0 Å². The van der Waals surface area contributed by atoms with E-state index in [1.54, 1.807) is 7.05 Å². The zero-order valence-corrected chi connectivity index (χ0v) is 17.8. The number of likely N-dealkylation sites (N-methyl/N-ethyl adjacent to an activating group) is 1. The van der Waals surface area contributed by atoms with Gasteiger partial charge in [0.05, 0.1) is 6.54 Å². The van der Waals surface area contributed by atoms with Crippen LogP contribution < -0.4 is 10.2 Å². The Bertz CT molecular complexity index is 843. The number of aliphatic imine (C=N–C) groups is 1. The van der Waals surface area contributed by atoms with Gasteiger partial charge in [-0.05, 0) is 24.5 Å². The van der Waals surface area contributed by atoms with Gasteiger partial charge in [0, 0.05) is 51.8 Å². The van der Waals surface area contributed by atoms with Crippen LogP contribution in [0.1, 0.15) is 30.7 Å². The Morgan fingerprint density at radius 1 is 1.32 bits per heavy atom. The van der Waals surface area contributed by atoms with Gasteiger partial charge < -0.3 is 20.0 Å². The van der Waals surface area contributed by atoms with E-state index in [1.807, 2.05) is 34.1 Å². The number of guanidine groups is 1. The first kappa shape index (κ1) is 22.9. The van der Waals surface area contributed by atoms with Crippen molar-refractivity contribution in [3.63, 3.8) is 0 Å². The second-order valence-electron chi connectivity index (χ2n) is 7.91. The van der Waals surface area contributed by atoms with Crippen LogP contribution in [-0.4, -0.2) is 80.6 Å². The maximum absolute atomic E-state index is 12.5. The second-order valence-corrected chi connectivity index (χ2v) is 7.91. The van der Waals surface area contributed by atoms with Gasteiger partial charge in [0.15, 0.2) is 5.96 Å². The quantitative estimate of drug-likeness (QED) is 0.545. The summed E-state index contributed by atoms with van der Waals surface area (Å²) in [6.45, 7) is 0.528. The van der Waals surface area contributed by atoms with E-state index in [2.05, 4.69) is 10.3 Å². The van der Waals surface area contributed by atoms with E-state index >= 15 is 0 Å². The van der Waals surface area contributed by atoms with Crippen molar-refractivity contribution >= 4 is 23.5 Å². The molecule has 170 valence electrons. The van der Waals surface area contributed by atoms with Gasteiger partial charge in [-0.3, -0.25) is 14.6 Å². The average Bonchev–Trinajstić information content (AvgIpc) is 3.29. The van der Waals surface area contributed by atoms with Crippen molar-refractivity contribution in [1.29, 1.82) is 0 Å². The molecule has 7 nitrogen and oxygen atoms in total. The number of rotatable bonds is 6. The van der Waals surface area contributed by atoms with Gasteiger partial charge in [-0.25, -0.2) is 0 Å². The number of hydrogen-bond acceptors (Lipinski definition) is 3. The van der Waals surface area contributed by atoms with Crippen LogP contribution in [0.15, 0.2) is 29.3 Å². The highest BCUT2D eigenvalue weighted by Crippen LogP contribution is 2.38. The number of carbonyl (C=O) groups excluding carboxylic acids is 2. The van der Waals surface area contributed by atoms with Gasteiger partial charge in [-0.15, -0.1) is 0 Å². The molecule has 1 N–H and O–H groups in total. The lowest BCUT2D eigenvalue weighted by Crippen LogP contribution is -2.47. The Kier molecular flexibility index (Phi) is 7.07. The SMILES string of the molecule is CN=C(NCC(=O)N(C)CC(F)(F)F)N1CC(CCN2CCCC2=O)c2ccccc21. The fourth-order valence-electron chi connectivity index (χ4n) is 4.14. The number of likely N-dealkylation sites (tertiary alicyclic amines) is 1. The first-order chi connectivity index (χ1) is 14.7. The second kappa shape index (κ2) is 9.57. The minimum Gasteiger partial charge on any atom is -0.347 e. The Balaban J connectivity index is 1.63. The van der Waals surface area contributed by atoms with Crippen molar-refractivity contribution in [1.82, 2.24) is 15.1 Å². The fourth-order valence-corrected chi connectivity index (χ4v) is 4.14. The number of para-hydroxylation sites is 1. The zero-order valence-electron chi connectivity index (χ0n) is 17.8. The fraction of sp³-hybridized carbons (Fsp3) is 0.571. The number of hydrogen-bond donors (Lipinski definition) is 1. The Hall–Kier alpha value is -2.78. The highest BCUT2D eigenvalue weighted by atomic mass is 19.4. The molecule has 1 fully saturated rings. The highest BCUT2D eigenvalue weighted by Gasteiger charge is 2.33. The number of amides is 2. The minimum absolute atomic E-state index is 0.187. The molecule has 1 aromatic rings. The smallest absolute Gasteiger partial charge is 0.347 e. The third kappa shape index (κ3) is 5.68. The van der Waals surface area contributed by atoms with E-state index in [-0.39, 0.29) is 18.4 Å². The van der Waals surface area contributed by atoms with Crippen molar-refractivity contribution in [2.75, 3.05) is 51.7 Å². The summed E-state index contributed by atoms with van der Waals surface area (Å²) < 4.78 is 37.6. The number of nitrogens with one attached hydrogen (secondary N) is 1. The molecular formula is C21H28F3N5O2. The molecule has 1 unspecified atom stereocenters. The molecule has 0 aromatic heterocycles. The summed E-state index contributed by atoms with van der Waals surface area (Å²) in [5.74, 6) is 0.143. The van der Waals surface area contributed by atoms with Crippen LogP contribution in [0.5, 0.6) is 0 Å². The van der Waals surface area contributed by atoms with E-state index in [1.165, 1.54) is 0 Å². The van der Waals surface area contributed by atoms with Gasteiger partial charge in [0.1, 0.15) is 6.54 Å². The van der Waals surface area contributed by atoms with Crippen molar-refractivity contribution in [3.05, 3.63) is 29.8 Å². The highest BCUT2D eigenvalue weighted by molar-refractivity contribution is 5.99. The molecule has 10 heteroatoms. The molecule has 2 heterocycles. The van der Waals surface area contributed by atoms with E-state index in [9.17, 15) is 22.8 Å². The van der Waals surface area contributed by atoms with Gasteiger partial charge in [-0.2, -0.15) is 13.2 Å². The standard InChI is InChI=1S/C21H28F3N5O2/c1-25-20(26-12-19(31)27(2)14-21(22,23)24)29-13-15(16-6-3-4-7-17(16)29)9-11-28-10-5-8-18(28)30/h3-4,6-7,15H,5,8-14H2,1-2H3,(H,25,26). The molecule has 1 saturated heterocycles. The van der Waals surface area contributed by atoms with Gasteiger partial charge >= 0.3 is 6.18 Å². The first-order valence-electron chi connectivity index (χ1n) is 10.3. The Labute approximate surface area is 179 Å². The van der Waals surface area contributed by atoms with Gasteiger partial charge in [0.2, 0.25) is 11.8 Å². The molecule has 0 spiro atoms. The molecule has 1 aromatic carbocycles. The van der Waals surface area contributed by atoms with Crippen LogP contribution >= 0.6 is 0 Å². The maximum atomic E-state index is 12.5. The molecule has 31 heavy (non-hydrogen) atoms. The molecule has 2 amide bonds. The van der Waals surface area contributed by atoms with E-state index in [4.69, 9.17) is 0 Å². The third-order valence-corrected chi connectivity index (χ3v) is 5.70. The normalized spacial score (nSPS) is 19.1. The largest absolute Gasteiger partial charge is 0.406 e. The molecule has 2 aliphatic rings. The number of benzene rings is 1. The third-order valence-electron chi connectivity index (χ3n) is 5.70. The molecular weight excluding hydrogens is 411 g/mol. The van der Waals surface area contributed by atoms with Crippen molar-refractivity contribution in [2.24, 2.45) is 4.99 Å². The predicted molar refractivity (Wildman–Crippen MR) is 112 cm³/mol. The Morgan fingerprint density at radius 2 is 2.06 bits per heavy atom. The van der Waals surface area contributed by atoms with E-state index < -0.39 is 18.6 Å². The lowest BCUT2D eigenvalue weighted by atomic mass is 9.98. The molecule has 0 aliphatic carbocycles. The first-order valence-corrected chi connectivity index (χ1v) is 10.3. The summed E-state index contributed by atoms with van der Waals surface area (Å²) in [4.78, 5) is 32.7. The summed E-state index contributed by atoms with van der Waals surface area (Å²) >= 11 is 0. The summed E-state index contributed by atoms with van der Waals surface area (Å²) in [5.41, 5.74) is 2.09. The van der Waals surface area contributed by atoms with Gasteiger partial charge in [-0.1, -0.05) is 18.2 Å². The summed E-state index contributed by atoms with van der Waals surface area (Å²) in [5, 5.41) is 2.90. The number of halogens is 3. The van der Waals surface area contributed by atoms with Crippen LogP contribution in [-0.2, 0) is 9.59 Å². The van der Waals surface area contributed by atoms with Gasteiger partial charge in [0.25, 0.3) is 0 Å². The van der Waals surface area contributed by atoms with Crippen LogP contribution in [0.25, 0.3) is 0 Å². The number of carbonyl (C=O) groups is 2. The zero-order chi connectivity index (χ0) is 22.6. The molecule has 3 rings (SSSR count). The number of fused-ring (bicyclic) bond motifs is 1. The number of alkyl halides is 3. The lowest BCUT2D eigenvalue weighted by molar-refractivity contribution is -0.157. The monoisotopic (exact) mass is 439 g/mol. The number of anilines is 1. The number of nitrogens with zero attached hydrogens (tertiary/aromatic N) is 4. The summed E-state index contributed by atoms with van der Waals surface area (Å²) in [6, 6.07) is 7.87. The van der Waals surface area contributed by atoms with Crippen LogP contribution in [0.2, 0.25) is 0 Å². The molecule has 0 radical (unpaired) electrons. The molecule has 1 atom stereocenters. The van der Waals surface area contributed by atoms with E-state index in [0.29, 0.717) is 30.4 Å². The minimum atomic E-state index is -4.44. The predicted octanol–water partition coefficient (Wildman–Crippen LogP) is 2.20. The van der Waals surface area contributed by atoms with Crippen molar-refractivity contribution < 1.29 is 22.8 Å². The van der Waals surface area contributed by atoms with E-state index in [0.717, 1.165) is 37.7 Å². The molecule has 0 saturated carbocycles. The molecule has 2 aliphatic heterocycles. The Morgan fingerprint density at radius 3 is 2.71 bits per heavy atom. The lowest BCUT2D eigenvalue weighted by Gasteiger charge is -2.24. The van der Waals surface area contributed by atoms with Crippen LogP contribution in [0.4, 0.5) is 18.9 Å². The van der Waals surface area contributed by atoms with Crippen LogP contribution in [0, 0.1) is 0 Å². The summed E-state index contributed by atoms with van der Waals surface area (Å²) in [7, 11) is 2.70. The topological polar surface area (TPSA) is 68.2 Å². The summed E-state index contributed by atoms with van der Waals surface area (Å²) in [6.07, 6.45) is -2.12.